The third kappa shape index (κ3) is 6.11. The number of carbonyl (C=O) groups is 1. The van der Waals surface area contributed by atoms with E-state index >= 15 is 0 Å². The normalized spacial score (nSPS) is 12.0. The van der Waals surface area contributed by atoms with Crippen molar-refractivity contribution in [3.8, 4) is 0 Å². The molecule has 2 aromatic rings. The lowest BCUT2D eigenvalue weighted by Gasteiger charge is -2.19. The zero-order valence-corrected chi connectivity index (χ0v) is 16.2. The minimum absolute atomic E-state index is 0.193. The number of halogens is 3. The Hall–Kier alpha value is -2.84. The Morgan fingerprint density at radius 2 is 1.96 bits per heavy atom. The molecule has 152 valence electrons. The van der Waals surface area contributed by atoms with E-state index in [1.807, 2.05) is 0 Å². The van der Waals surface area contributed by atoms with Crippen molar-refractivity contribution in [2.75, 3.05) is 0 Å². The lowest BCUT2D eigenvalue weighted by atomic mass is 10.1. The highest BCUT2D eigenvalue weighted by molar-refractivity contribution is 5.67. The number of amides is 1. The summed E-state index contributed by atoms with van der Waals surface area (Å²) in [6, 6.07) is 2.32. The zero-order chi connectivity index (χ0) is 21.1. The molecule has 2 rings (SSSR count). The SMILES string of the molecule is C=C(C)c1nc(C(F)(F)F)ccc1Cn1cc(CNC(=O)OC(C)(C)C)cn1. The van der Waals surface area contributed by atoms with Gasteiger partial charge in [0.05, 0.1) is 18.4 Å². The Kier molecular flexibility index (Phi) is 6.16. The van der Waals surface area contributed by atoms with E-state index in [-0.39, 0.29) is 18.8 Å². The van der Waals surface area contributed by atoms with E-state index < -0.39 is 23.6 Å². The summed E-state index contributed by atoms with van der Waals surface area (Å²) in [5.41, 5.74) is 0.358. The summed E-state index contributed by atoms with van der Waals surface area (Å²) < 4.78 is 45.4. The second-order valence-corrected chi connectivity index (χ2v) is 7.38. The fourth-order valence-corrected chi connectivity index (χ4v) is 2.39. The Morgan fingerprint density at radius 3 is 2.54 bits per heavy atom. The van der Waals surface area contributed by atoms with Crippen LogP contribution in [0.15, 0.2) is 31.1 Å². The van der Waals surface area contributed by atoms with Crippen LogP contribution in [0.2, 0.25) is 0 Å². The molecule has 1 amide bonds. The molecule has 9 heteroatoms. The number of allylic oxidation sites excluding steroid dienone is 1. The third-order valence-electron chi connectivity index (χ3n) is 3.53. The first-order valence-corrected chi connectivity index (χ1v) is 8.56. The number of alkyl carbamates (subject to hydrolysis) is 1. The molecule has 2 heterocycles. The molecule has 0 aliphatic carbocycles. The largest absolute Gasteiger partial charge is 0.444 e. The summed E-state index contributed by atoms with van der Waals surface area (Å²) in [6.07, 6.45) is -1.81. The van der Waals surface area contributed by atoms with E-state index in [9.17, 15) is 18.0 Å². The van der Waals surface area contributed by atoms with Gasteiger partial charge in [-0.25, -0.2) is 9.78 Å². The Morgan fingerprint density at radius 1 is 1.29 bits per heavy atom. The van der Waals surface area contributed by atoms with Gasteiger partial charge in [-0.3, -0.25) is 4.68 Å². The first-order valence-electron chi connectivity index (χ1n) is 8.56. The smallest absolute Gasteiger partial charge is 0.433 e. The van der Waals surface area contributed by atoms with E-state index in [0.717, 1.165) is 11.6 Å². The number of rotatable bonds is 5. The number of alkyl halides is 3. The average Bonchev–Trinajstić information content (AvgIpc) is 2.98. The molecule has 0 aromatic carbocycles. The lowest BCUT2D eigenvalue weighted by Crippen LogP contribution is -2.32. The van der Waals surface area contributed by atoms with Gasteiger partial charge < -0.3 is 10.1 Å². The van der Waals surface area contributed by atoms with Gasteiger partial charge in [-0.15, -0.1) is 0 Å². The second-order valence-electron chi connectivity index (χ2n) is 7.38. The monoisotopic (exact) mass is 396 g/mol. The van der Waals surface area contributed by atoms with E-state index in [1.54, 1.807) is 44.8 Å². The highest BCUT2D eigenvalue weighted by Crippen LogP contribution is 2.29. The number of nitrogens with one attached hydrogen (secondary N) is 1. The van der Waals surface area contributed by atoms with Crippen LogP contribution in [-0.2, 0) is 24.0 Å². The topological polar surface area (TPSA) is 69.0 Å². The summed E-state index contributed by atoms with van der Waals surface area (Å²) >= 11 is 0. The zero-order valence-electron chi connectivity index (χ0n) is 16.2. The van der Waals surface area contributed by atoms with Crippen molar-refractivity contribution in [3.05, 3.63) is 53.6 Å². The van der Waals surface area contributed by atoms with Crippen molar-refractivity contribution in [1.82, 2.24) is 20.1 Å². The molecule has 6 nitrogen and oxygen atoms in total. The number of hydrogen-bond acceptors (Lipinski definition) is 4. The van der Waals surface area contributed by atoms with Crippen LogP contribution >= 0.6 is 0 Å². The van der Waals surface area contributed by atoms with Gasteiger partial charge in [-0.2, -0.15) is 18.3 Å². The standard InChI is InChI=1S/C19H23F3N4O2/c1-12(2)16-14(6-7-15(25-16)19(20,21)22)11-26-10-13(9-24-26)8-23-17(27)28-18(3,4)5/h6-7,9-10H,1,8,11H2,2-5H3,(H,23,27). The van der Waals surface area contributed by atoms with E-state index in [4.69, 9.17) is 4.74 Å². The van der Waals surface area contributed by atoms with Gasteiger partial charge in [0.25, 0.3) is 0 Å². The molecule has 0 aliphatic rings. The van der Waals surface area contributed by atoms with Crippen LogP contribution in [0.3, 0.4) is 0 Å². The van der Waals surface area contributed by atoms with Crippen molar-refractivity contribution in [1.29, 1.82) is 0 Å². The fraction of sp³-hybridized carbons (Fsp3) is 0.421. The van der Waals surface area contributed by atoms with Crippen molar-refractivity contribution in [2.45, 2.75) is 52.6 Å². The summed E-state index contributed by atoms with van der Waals surface area (Å²) in [5, 5.41) is 6.80. The second kappa shape index (κ2) is 8.04. The Labute approximate surface area is 161 Å². The number of pyridine rings is 1. The van der Waals surface area contributed by atoms with Crippen LogP contribution in [0.4, 0.5) is 18.0 Å². The maximum Gasteiger partial charge on any atom is 0.433 e. The number of ether oxygens (including phenoxy) is 1. The summed E-state index contributed by atoms with van der Waals surface area (Å²) in [4.78, 5) is 15.4. The molecular weight excluding hydrogens is 373 g/mol. The Bertz CT molecular complexity index is 867. The number of nitrogens with zero attached hydrogens (tertiary/aromatic N) is 3. The van der Waals surface area contributed by atoms with Gasteiger partial charge in [0.1, 0.15) is 11.3 Å². The minimum atomic E-state index is -4.52. The molecule has 0 aliphatic heterocycles. The molecule has 0 saturated heterocycles. The molecule has 0 spiro atoms. The van der Waals surface area contributed by atoms with Gasteiger partial charge in [0, 0.05) is 18.3 Å². The van der Waals surface area contributed by atoms with E-state index in [2.05, 4.69) is 22.0 Å². The number of carbonyl (C=O) groups excluding carboxylic acids is 1. The molecule has 2 aromatic heterocycles. The predicted octanol–water partition coefficient (Wildman–Crippen LogP) is 4.40. The van der Waals surface area contributed by atoms with Crippen LogP contribution < -0.4 is 5.32 Å². The predicted molar refractivity (Wildman–Crippen MR) is 98.3 cm³/mol. The molecular formula is C19H23F3N4O2. The van der Waals surface area contributed by atoms with Crippen LogP contribution in [0.5, 0.6) is 0 Å². The molecule has 1 N–H and O–H groups in total. The van der Waals surface area contributed by atoms with Crippen molar-refractivity contribution < 1.29 is 22.7 Å². The van der Waals surface area contributed by atoms with Gasteiger partial charge in [-0.1, -0.05) is 12.6 Å². The Balaban J connectivity index is 2.09. The number of hydrogen-bond donors (Lipinski definition) is 1. The van der Waals surface area contributed by atoms with Crippen molar-refractivity contribution in [3.63, 3.8) is 0 Å². The van der Waals surface area contributed by atoms with E-state index in [0.29, 0.717) is 11.1 Å². The third-order valence-corrected chi connectivity index (χ3v) is 3.53. The van der Waals surface area contributed by atoms with Crippen LogP contribution in [0.25, 0.3) is 5.57 Å². The summed E-state index contributed by atoms with van der Waals surface area (Å²) in [5.74, 6) is 0. The lowest BCUT2D eigenvalue weighted by molar-refractivity contribution is -0.141. The number of aromatic nitrogens is 3. The van der Waals surface area contributed by atoms with Crippen LogP contribution in [0, 0.1) is 0 Å². The fourth-order valence-electron chi connectivity index (χ4n) is 2.39. The molecule has 0 fully saturated rings. The molecule has 28 heavy (non-hydrogen) atoms. The molecule has 0 atom stereocenters. The van der Waals surface area contributed by atoms with Gasteiger partial charge in [0.2, 0.25) is 0 Å². The summed E-state index contributed by atoms with van der Waals surface area (Å²) in [6.45, 7) is 11.1. The highest BCUT2D eigenvalue weighted by Gasteiger charge is 2.33. The van der Waals surface area contributed by atoms with Crippen LogP contribution in [0.1, 0.15) is 50.2 Å². The van der Waals surface area contributed by atoms with Crippen molar-refractivity contribution >= 4 is 11.7 Å². The maximum atomic E-state index is 12.9. The minimum Gasteiger partial charge on any atom is -0.444 e. The van der Waals surface area contributed by atoms with Gasteiger partial charge in [0.15, 0.2) is 0 Å². The first-order chi connectivity index (χ1) is 12.8. The molecule has 0 radical (unpaired) electrons. The molecule has 0 unspecified atom stereocenters. The van der Waals surface area contributed by atoms with Crippen LogP contribution in [-0.4, -0.2) is 26.5 Å². The maximum absolute atomic E-state index is 12.9. The highest BCUT2D eigenvalue weighted by atomic mass is 19.4. The van der Waals surface area contributed by atoms with Crippen molar-refractivity contribution in [2.24, 2.45) is 0 Å². The average molecular weight is 396 g/mol. The van der Waals surface area contributed by atoms with Gasteiger partial charge >= 0.3 is 12.3 Å². The first kappa shape index (κ1) is 21.5. The van der Waals surface area contributed by atoms with Gasteiger partial charge in [-0.05, 0) is 44.9 Å². The summed E-state index contributed by atoms with van der Waals surface area (Å²) in [7, 11) is 0. The molecule has 0 saturated carbocycles. The van der Waals surface area contributed by atoms with E-state index in [1.165, 1.54) is 6.07 Å². The quantitative estimate of drug-likeness (QED) is 0.813. The molecule has 0 bridgehead atoms.